The quantitative estimate of drug-likeness (QED) is 0.162. The Bertz CT molecular complexity index is 782. The van der Waals surface area contributed by atoms with Gasteiger partial charge < -0.3 is 60.4 Å². The third kappa shape index (κ3) is 5.90. The molecular weight excluding hydrogens is 458 g/mol. The number of esters is 1. The molecule has 2 aliphatic rings. The van der Waals surface area contributed by atoms with Crippen LogP contribution in [0.3, 0.4) is 0 Å². The fourth-order valence-corrected chi connectivity index (χ4v) is 3.87. The number of hydrogen-bond donors (Lipinski definition) is 8. The predicted molar refractivity (Wildman–Crippen MR) is 111 cm³/mol. The Morgan fingerprint density at radius 2 is 1.53 bits per heavy atom. The van der Waals surface area contributed by atoms with Gasteiger partial charge in [0.25, 0.3) is 0 Å². The highest BCUT2D eigenvalue weighted by Crippen LogP contribution is 2.30. The first-order valence-electron chi connectivity index (χ1n) is 10.8. The van der Waals surface area contributed by atoms with Crippen molar-refractivity contribution in [1.29, 1.82) is 0 Å². The summed E-state index contributed by atoms with van der Waals surface area (Å²) in [6.07, 6.45) is -16.2. The van der Waals surface area contributed by atoms with Crippen LogP contribution in [0.15, 0.2) is 30.3 Å². The molecule has 0 unspecified atom stereocenters. The van der Waals surface area contributed by atoms with Crippen molar-refractivity contribution >= 4 is 5.97 Å². The number of ether oxygens (including phenoxy) is 4. The Morgan fingerprint density at radius 3 is 2.15 bits per heavy atom. The zero-order valence-corrected chi connectivity index (χ0v) is 18.1. The van der Waals surface area contributed by atoms with E-state index in [9.17, 15) is 40.5 Å². The lowest BCUT2D eigenvalue weighted by molar-refractivity contribution is -0.355. The number of carbonyl (C=O) groups is 1. The Morgan fingerprint density at radius 1 is 0.882 bits per heavy atom. The SMILES string of the molecule is N[C@@H](Cc1ccccc1)C(=O)O[C@@H]1[C@@H](O)[C@@H](O[C@H]2[C@H](O)[C@@H](O)[C@H](O)O[C@@H]2CO)O[C@H](CO)[C@H]1O. The molecule has 0 amide bonds. The van der Waals surface area contributed by atoms with Crippen LogP contribution in [0.4, 0.5) is 0 Å². The Balaban J connectivity index is 1.72. The first-order chi connectivity index (χ1) is 16.2. The average molecular weight is 489 g/mol. The van der Waals surface area contributed by atoms with Gasteiger partial charge in [0, 0.05) is 0 Å². The normalized spacial score (nSPS) is 39.4. The molecule has 11 atom stereocenters. The van der Waals surface area contributed by atoms with Gasteiger partial charge in [-0.2, -0.15) is 0 Å². The second kappa shape index (κ2) is 11.8. The van der Waals surface area contributed by atoms with Gasteiger partial charge in [-0.1, -0.05) is 30.3 Å². The summed E-state index contributed by atoms with van der Waals surface area (Å²) in [6, 6.07) is 7.74. The van der Waals surface area contributed by atoms with Crippen LogP contribution in [0.1, 0.15) is 5.56 Å². The van der Waals surface area contributed by atoms with E-state index in [0.717, 1.165) is 5.56 Å². The van der Waals surface area contributed by atoms with Crippen molar-refractivity contribution in [3.05, 3.63) is 35.9 Å². The molecule has 1 aromatic rings. The molecule has 1 aromatic carbocycles. The number of aliphatic hydroxyl groups is 7. The number of aliphatic hydroxyl groups excluding tert-OH is 7. The molecule has 34 heavy (non-hydrogen) atoms. The number of carbonyl (C=O) groups excluding carboxylic acids is 1. The third-order valence-corrected chi connectivity index (χ3v) is 5.81. The molecule has 13 heteroatoms. The summed E-state index contributed by atoms with van der Waals surface area (Å²) in [4.78, 5) is 12.6. The molecule has 3 rings (SSSR count). The summed E-state index contributed by atoms with van der Waals surface area (Å²) in [7, 11) is 0. The van der Waals surface area contributed by atoms with Gasteiger partial charge in [-0.15, -0.1) is 0 Å². The fraction of sp³-hybridized carbons (Fsp3) is 0.667. The van der Waals surface area contributed by atoms with Crippen molar-refractivity contribution in [3.63, 3.8) is 0 Å². The maximum atomic E-state index is 12.6. The van der Waals surface area contributed by atoms with Crippen LogP contribution in [0, 0.1) is 0 Å². The largest absolute Gasteiger partial charge is 0.455 e. The molecule has 13 nitrogen and oxygen atoms in total. The lowest BCUT2D eigenvalue weighted by Crippen LogP contribution is -2.65. The van der Waals surface area contributed by atoms with Crippen molar-refractivity contribution in [1.82, 2.24) is 0 Å². The van der Waals surface area contributed by atoms with Crippen LogP contribution >= 0.6 is 0 Å². The summed E-state index contributed by atoms with van der Waals surface area (Å²) in [5, 5.41) is 70.0. The molecule has 2 heterocycles. The Kier molecular flexibility index (Phi) is 9.31. The zero-order chi connectivity index (χ0) is 25.0. The van der Waals surface area contributed by atoms with Crippen LogP contribution in [-0.4, -0.2) is 122 Å². The first kappa shape index (κ1) is 26.8. The highest BCUT2D eigenvalue weighted by Gasteiger charge is 2.51. The van der Waals surface area contributed by atoms with Crippen LogP contribution < -0.4 is 5.73 Å². The smallest absolute Gasteiger partial charge is 0.323 e. The fourth-order valence-electron chi connectivity index (χ4n) is 3.87. The van der Waals surface area contributed by atoms with Gasteiger partial charge in [-0.05, 0) is 12.0 Å². The first-order valence-corrected chi connectivity index (χ1v) is 10.8. The Hall–Kier alpha value is -1.75. The molecule has 0 aromatic heterocycles. The van der Waals surface area contributed by atoms with Gasteiger partial charge >= 0.3 is 5.97 Å². The standard InChI is InChI=1S/C21H31NO12/c22-10(6-9-4-2-1-3-5-9)19(29)33-18-13(25)11(7-23)32-21(16(18)28)34-17-12(8-24)31-20(30)15(27)14(17)26/h1-5,10-18,20-21,23-28,30H,6-8,22H2/t10-,11+,12+,13+,14+,15+,16+,17+,18-,20+,21+/m0/s1. The molecule has 2 fully saturated rings. The van der Waals surface area contributed by atoms with Crippen molar-refractivity contribution in [3.8, 4) is 0 Å². The van der Waals surface area contributed by atoms with Crippen molar-refractivity contribution in [2.75, 3.05) is 13.2 Å². The molecule has 0 radical (unpaired) electrons. The van der Waals surface area contributed by atoms with Gasteiger partial charge in [-0.3, -0.25) is 4.79 Å². The lowest BCUT2D eigenvalue weighted by atomic mass is 9.96. The molecule has 0 saturated carbocycles. The van der Waals surface area contributed by atoms with Gasteiger partial charge in [0.15, 0.2) is 18.7 Å². The zero-order valence-electron chi connectivity index (χ0n) is 18.1. The summed E-state index contributed by atoms with van der Waals surface area (Å²) in [5.41, 5.74) is 6.67. The topological polar surface area (TPSA) is 222 Å². The van der Waals surface area contributed by atoms with Gasteiger partial charge in [0.1, 0.15) is 48.8 Å². The van der Waals surface area contributed by atoms with E-state index in [1.807, 2.05) is 0 Å². The second-order valence-electron chi connectivity index (χ2n) is 8.23. The number of hydrogen-bond acceptors (Lipinski definition) is 13. The van der Waals surface area contributed by atoms with E-state index in [4.69, 9.17) is 24.7 Å². The number of nitrogens with two attached hydrogens (primary N) is 1. The predicted octanol–water partition coefficient (Wildman–Crippen LogP) is -4.28. The van der Waals surface area contributed by atoms with E-state index in [-0.39, 0.29) is 6.42 Å². The third-order valence-electron chi connectivity index (χ3n) is 5.81. The number of rotatable bonds is 8. The summed E-state index contributed by atoms with van der Waals surface area (Å²) >= 11 is 0. The highest BCUT2D eigenvalue weighted by atomic mass is 16.7. The maximum Gasteiger partial charge on any atom is 0.323 e. The molecule has 0 bridgehead atoms. The highest BCUT2D eigenvalue weighted by molar-refractivity contribution is 5.76. The summed E-state index contributed by atoms with van der Waals surface area (Å²) < 4.78 is 21.1. The van der Waals surface area contributed by atoms with Crippen LogP contribution in [-0.2, 0) is 30.2 Å². The van der Waals surface area contributed by atoms with Crippen LogP contribution in [0.25, 0.3) is 0 Å². The lowest BCUT2D eigenvalue weighted by Gasteiger charge is -2.45. The van der Waals surface area contributed by atoms with Crippen molar-refractivity contribution < 1.29 is 59.5 Å². The minimum Gasteiger partial charge on any atom is -0.455 e. The van der Waals surface area contributed by atoms with E-state index < -0.39 is 86.6 Å². The molecule has 2 aliphatic heterocycles. The minimum absolute atomic E-state index is 0.127. The van der Waals surface area contributed by atoms with E-state index in [0.29, 0.717) is 0 Å². The molecule has 0 spiro atoms. The average Bonchev–Trinajstić information content (AvgIpc) is 2.83. The summed E-state index contributed by atoms with van der Waals surface area (Å²) in [5.74, 6) is -0.933. The van der Waals surface area contributed by atoms with E-state index in [1.54, 1.807) is 30.3 Å². The van der Waals surface area contributed by atoms with Gasteiger partial charge in [0.05, 0.1) is 13.2 Å². The van der Waals surface area contributed by atoms with Crippen LogP contribution in [0.5, 0.6) is 0 Å². The second-order valence-corrected chi connectivity index (χ2v) is 8.23. The molecule has 192 valence electrons. The number of benzene rings is 1. The van der Waals surface area contributed by atoms with Crippen LogP contribution in [0.2, 0.25) is 0 Å². The molecule has 9 N–H and O–H groups in total. The minimum atomic E-state index is -1.82. The molecule has 0 aliphatic carbocycles. The maximum absolute atomic E-state index is 12.6. The Labute approximate surface area is 194 Å². The van der Waals surface area contributed by atoms with E-state index in [1.165, 1.54) is 0 Å². The van der Waals surface area contributed by atoms with Gasteiger partial charge in [-0.25, -0.2) is 0 Å². The monoisotopic (exact) mass is 489 g/mol. The van der Waals surface area contributed by atoms with E-state index >= 15 is 0 Å². The molecule has 2 saturated heterocycles. The molecular formula is C21H31NO12. The van der Waals surface area contributed by atoms with E-state index in [2.05, 4.69) is 0 Å². The van der Waals surface area contributed by atoms with Gasteiger partial charge in [0.2, 0.25) is 0 Å². The summed E-state index contributed by atoms with van der Waals surface area (Å²) in [6.45, 7) is -1.47. The van der Waals surface area contributed by atoms with Crippen molar-refractivity contribution in [2.24, 2.45) is 5.73 Å². The van der Waals surface area contributed by atoms with Crippen molar-refractivity contribution in [2.45, 2.75) is 73.9 Å².